The molecule has 1 aliphatic heterocycles. The van der Waals surface area contributed by atoms with Crippen molar-refractivity contribution in [2.45, 2.75) is 0 Å². The standard InChI is InChI=1S/C15H10FN3/c16-9-5-6-11-10(7-9)15-14(18-11)8-17-12-3-1-2-4-13(12)19-15/h1-8,18-19H. The molecule has 0 saturated carbocycles. The summed E-state index contributed by atoms with van der Waals surface area (Å²) in [6.45, 7) is 0. The van der Waals surface area contributed by atoms with E-state index < -0.39 is 0 Å². The highest BCUT2D eigenvalue weighted by Crippen LogP contribution is 2.36. The quantitative estimate of drug-likeness (QED) is 0.485. The number of anilines is 2. The molecule has 4 rings (SSSR count). The second-order valence-electron chi connectivity index (χ2n) is 4.50. The second kappa shape index (κ2) is 3.68. The van der Waals surface area contributed by atoms with E-state index in [1.807, 2.05) is 24.3 Å². The number of para-hydroxylation sites is 2. The highest BCUT2D eigenvalue weighted by molar-refractivity contribution is 6.06. The summed E-state index contributed by atoms with van der Waals surface area (Å²) in [5, 5.41) is 4.16. The first kappa shape index (κ1) is 10.3. The Morgan fingerprint density at radius 1 is 1.05 bits per heavy atom. The van der Waals surface area contributed by atoms with Crippen LogP contribution in [0.25, 0.3) is 10.9 Å². The molecule has 0 atom stereocenters. The first-order valence-electron chi connectivity index (χ1n) is 6.02. The number of hydrogen-bond acceptors (Lipinski definition) is 2. The van der Waals surface area contributed by atoms with Crippen molar-refractivity contribution in [1.82, 2.24) is 4.98 Å². The number of H-pyrrole nitrogens is 1. The van der Waals surface area contributed by atoms with Gasteiger partial charge in [0.25, 0.3) is 0 Å². The number of aromatic nitrogens is 1. The maximum Gasteiger partial charge on any atom is 0.124 e. The van der Waals surface area contributed by atoms with E-state index in [1.54, 1.807) is 12.3 Å². The van der Waals surface area contributed by atoms with Crippen LogP contribution in [0.5, 0.6) is 0 Å². The molecular weight excluding hydrogens is 241 g/mol. The van der Waals surface area contributed by atoms with E-state index in [-0.39, 0.29) is 5.82 Å². The number of hydrogen-bond donors (Lipinski definition) is 2. The van der Waals surface area contributed by atoms with Gasteiger partial charge in [0, 0.05) is 10.9 Å². The number of fused-ring (bicyclic) bond motifs is 4. The molecule has 92 valence electrons. The van der Waals surface area contributed by atoms with Crippen LogP contribution in [0.15, 0.2) is 47.5 Å². The Hall–Kier alpha value is -2.62. The molecule has 2 heterocycles. The first-order chi connectivity index (χ1) is 9.31. The van der Waals surface area contributed by atoms with Gasteiger partial charge in [-0.1, -0.05) is 12.1 Å². The van der Waals surface area contributed by atoms with Gasteiger partial charge in [0.2, 0.25) is 0 Å². The van der Waals surface area contributed by atoms with Crippen LogP contribution in [-0.2, 0) is 0 Å². The molecule has 4 heteroatoms. The Balaban J connectivity index is 2.00. The van der Waals surface area contributed by atoms with Gasteiger partial charge in [0.1, 0.15) is 5.82 Å². The zero-order valence-corrected chi connectivity index (χ0v) is 9.94. The molecule has 19 heavy (non-hydrogen) atoms. The average molecular weight is 251 g/mol. The molecule has 2 aromatic carbocycles. The van der Waals surface area contributed by atoms with Gasteiger partial charge in [0.15, 0.2) is 0 Å². The summed E-state index contributed by atoms with van der Waals surface area (Å²) in [6.07, 6.45) is 1.77. The summed E-state index contributed by atoms with van der Waals surface area (Å²) in [5.74, 6) is -0.245. The summed E-state index contributed by atoms with van der Waals surface area (Å²) in [4.78, 5) is 7.67. The summed E-state index contributed by atoms with van der Waals surface area (Å²) >= 11 is 0. The van der Waals surface area contributed by atoms with Crippen molar-refractivity contribution in [2.75, 3.05) is 5.32 Å². The molecule has 0 spiro atoms. The third kappa shape index (κ3) is 1.53. The Morgan fingerprint density at radius 2 is 1.95 bits per heavy atom. The number of nitrogens with zero attached hydrogens (tertiary/aromatic N) is 1. The van der Waals surface area contributed by atoms with Crippen LogP contribution in [0.1, 0.15) is 5.69 Å². The van der Waals surface area contributed by atoms with Crippen molar-refractivity contribution in [2.24, 2.45) is 4.99 Å². The van der Waals surface area contributed by atoms with Gasteiger partial charge in [-0.25, -0.2) is 4.39 Å². The minimum Gasteiger partial charge on any atom is -0.352 e. The fourth-order valence-corrected chi connectivity index (χ4v) is 2.38. The van der Waals surface area contributed by atoms with Crippen LogP contribution in [0.3, 0.4) is 0 Å². The number of nitrogens with one attached hydrogen (secondary N) is 2. The SMILES string of the molecule is Fc1ccc2[nH]c3c(c2c1)Nc1ccccc1N=C3. The second-order valence-corrected chi connectivity index (χ2v) is 4.50. The van der Waals surface area contributed by atoms with Gasteiger partial charge < -0.3 is 10.3 Å². The summed E-state index contributed by atoms with van der Waals surface area (Å²) in [5.41, 5.74) is 4.41. The lowest BCUT2D eigenvalue weighted by atomic mass is 10.2. The topological polar surface area (TPSA) is 40.2 Å². The van der Waals surface area contributed by atoms with Gasteiger partial charge >= 0.3 is 0 Å². The molecule has 0 aliphatic carbocycles. The van der Waals surface area contributed by atoms with Gasteiger partial charge in [-0.15, -0.1) is 0 Å². The lowest BCUT2D eigenvalue weighted by Crippen LogP contribution is -1.90. The van der Waals surface area contributed by atoms with E-state index in [4.69, 9.17) is 0 Å². The Morgan fingerprint density at radius 3 is 2.89 bits per heavy atom. The number of aromatic amines is 1. The largest absolute Gasteiger partial charge is 0.352 e. The molecule has 0 radical (unpaired) electrons. The van der Waals surface area contributed by atoms with Crippen molar-refractivity contribution < 1.29 is 4.39 Å². The molecule has 3 nitrogen and oxygen atoms in total. The monoisotopic (exact) mass is 251 g/mol. The number of rotatable bonds is 0. The first-order valence-corrected chi connectivity index (χ1v) is 6.02. The predicted octanol–water partition coefficient (Wildman–Crippen LogP) is 4.11. The van der Waals surface area contributed by atoms with Gasteiger partial charge in [-0.3, -0.25) is 4.99 Å². The zero-order valence-electron chi connectivity index (χ0n) is 9.94. The smallest absolute Gasteiger partial charge is 0.124 e. The third-order valence-electron chi connectivity index (χ3n) is 3.29. The fourth-order valence-electron chi connectivity index (χ4n) is 2.38. The maximum absolute atomic E-state index is 13.4. The minimum absolute atomic E-state index is 0.245. The van der Waals surface area contributed by atoms with E-state index in [2.05, 4.69) is 15.3 Å². The number of benzene rings is 2. The molecule has 0 fully saturated rings. The molecule has 2 N–H and O–H groups in total. The van der Waals surface area contributed by atoms with Gasteiger partial charge in [-0.2, -0.15) is 0 Å². The van der Waals surface area contributed by atoms with E-state index in [9.17, 15) is 4.39 Å². The van der Waals surface area contributed by atoms with Crippen LogP contribution in [-0.4, -0.2) is 11.2 Å². The summed E-state index contributed by atoms with van der Waals surface area (Å²) in [6, 6.07) is 12.5. The van der Waals surface area contributed by atoms with Crippen molar-refractivity contribution in [3.05, 3.63) is 54.0 Å². The summed E-state index contributed by atoms with van der Waals surface area (Å²) in [7, 11) is 0. The third-order valence-corrected chi connectivity index (χ3v) is 3.29. The van der Waals surface area contributed by atoms with E-state index in [0.717, 1.165) is 33.7 Å². The van der Waals surface area contributed by atoms with Crippen LogP contribution >= 0.6 is 0 Å². The molecule has 3 aromatic rings. The molecular formula is C15H10FN3. The molecule has 0 bridgehead atoms. The Kier molecular flexibility index (Phi) is 2.00. The van der Waals surface area contributed by atoms with E-state index in [0.29, 0.717) is 0 Å². The maximum atomic E-state index is 13.4. The van der Waals surface area contributed by atoms with Gasteiger partial charge in [0.05, 0.1) is 29.0 Å². The van der Waals surface area contributed by atoms with Crippen molar-refractivity contribution in [1.29, 1.82) is 0 Å². The fraction of sp³-hybridized carbons (Fsp3) is 0. The lowest BCUT2D eigenvalue weighted by molar-refractivity contribution is 0.630. The number of halogens is 1. The highest BCUT2D eigenvalue weighted by atomic mass is 19.1. The molecule has 1 aliphatic rings. The molecule has 1 aromatic heterocycles. The Labute approximate surface area is 108 Å². The Bertz CT molecular complexity index is 817. The molecule has 0 amide bonds. The van der Waals surface area contributed by atoms with E-state index >= 15 is 0 Å². The van der Waals surface area contributed by atoms with E-state index in [1.165, 1.54) is 12.1 Å². The lowest BCUT2D eigenvalue weighted by Gasteiger charge is -2.06. The van der Waals surface area contributed by atoms with Gasteiger partial charge in [-0.05, 0) is 30.3 Å². The van der Waals surface area contributed by atoms with Crippen LogP contribution in [0.4, 0.5) is 21.5 Å². The van der Waals surface area contributed by atoms with Crippen LogP contribution < -0.4 is 5.32 Å². The zero-order chi connectivity index (χ0) is 12.8. The minimum atomic E-state index is -0.245. The summed E-state index contributed by atoms with van der Waals surface area (Å²) < 4.78 is 13.4. The molecule has 0 unspecified atom stereocenters. The van der Waals surface area contributed by atoms with Crippen molar-refractivity contribution >= 4 is 34.2 Å². The number of aliphatic imine (C=N–C) groups is 1. The molecule has 0 saturated heterocycles. The predicted molar refractivity (Wildman–Crippen MR) is 75.2 cm³/mol. The van der Waals surface area contributed by atoms with Crippen LogP contribution in [0.2, 0.25) is 0 Å². The average Bonchev–Trinajstić information content (AvgIpc) is 2.65. The highest BCUT2D eigenvalue weighted by Gasteiger charge is 2.15. The normalized spacial score (nSPS) is 12.7. The van der Waals surface area contributed by atoms with Crippen molar-refractivity contribution in [3.8, 4) is 0 Å². The van der Waals surface area contributed by atoms with Crippen LogP contribution in [0, 0.1) is 5.82 Å². The van der Waals surface area contributed by atoms with Crippen molar-refractivity contribution in [3.63, 3.8) is 0 Å².